The van der Waals surface area contributed by atoms with Crippen LogP contribution in [-0.2, 0) is 4.74 Å². The van der Waals surface area contributed by atoms with E-state index in [4.69, 9.17) is 4.74 Å². The van der Waals surface area contributed by atoms with Crippen LogP contribution in [-0.4, -0.2) is 41.3 Å². The van der Waals surface area contributed by atoms with E-state index in [-0.39, 0.29) is 11.9 Å². The average molecular weight is 412 g/mol. The van der Waals surface area contributed by atoms with Crippen LogP contribution in [0.4, 0.5) is 0 Å². The monoisotopic (exact) mass is 411 g/mol. The van der Waals surface area contributed by atoms with Gasteiger partial charge < -0.3 is 9.64 Å². The van der Waals surface area contributed by atoms with E-state index in [0.717, 1.165) is 26.9 Å². The molecule has 26 heavy (non-hydrogen) atoms. The summed E-state index contributed by atoms with van der Waals surface area (Å²) in [5.74, 6) is -0.0447. The number of nitrogens with one attached hydrogen (secondary N) is 1. The highest BCUT2D eigenvalue weighted by atomic mass is 79.9. The number of benzene rings is 2. The summed E-state index contributed by atoms with van der Waals surface area (Å²) in [6.07, 6.45) is 0. The van der Waals surface area contributed by atoms with Crippen LogP contribution in [0.25, 0.3) is 11.3 Å². The second-order valence-electron chi connectivity index (χ2n) is 6.18. The zero-order valence-electron chi connectivity index (χ0n) is 14.3. The molecule has 0 saturated heterocycles. The third-order valence-electron chi connectivity index (χ3n) is 4.61. The number of fused-ring (bicyclic) bond motifs is 1. The number of methoxy groups -OCH3 is 1. The maximum absolute atomic E-state index is 13.0. The Morgan fingerprint density at radius 2 is 2.00 bits per heavy atom. The van der Waals surface area contributed by atoms with Crippen LogP contribution in [0.5, 0.6) is 0 Å². The van der Waals surface area contributed by atoms with Gasteiger partial charge in [-0.25, -0.2) is 0 Å². The SMILES string of the molecule is COCCN1C(=O)c2[nH]nc(-c3ccccc3)c2C1c1cccc(Br)c1. The van der Waals surface area contributed by atoms with Gasteiger partial charge in [-0.3, -0.25) is 9.89 Å². The van der Waals surface area contributed by atoms with Crippen molar-refractivity contribution in [3.05, 3.63) is 75.9 Å². The molecule has 4 rings (SSSR count). The van der Waals surface area contributed by atoms with Crippen molar-refractivity contribution in [1.82, 2.24) is 15.1 Å². The summed E-state index contributed by atoms with van der Waals surface area (Å²) in [5.41, 5.74) is 4.34. The fourth-order valence-electron chi connectivity index (χ4n) is 3.46. The molecular weight excluding hydrogens is 394 g/mol. The van der Waals surface area contributed by atoms with Gasteiger partial charge in [-0.2, -0.15) is 5.10 Å². The second kappa shape index (κ2) is 7.05. The molecule has 1 aliphatic heterocycles. The lowest BCUT2D eigenvalue weighted by atomic mass is 9.96. The van der Waals surface area contributed by atoms with Crippen molar-refractivity contribution >= 4 is 21.8 Å². The molecule has 0 fully saturated rings. The minimum Gasteiger partial charge on any atom is -0.383 e. The van der Waals surface area contributed by atoms with E-state index in [2.05, 4.69) is 32.2 Å². The van der Waals surface area contributed by atoms with Crippen molar-refractivity contribution in [3.8, 4) is 11.3 Å². The minimum atomic E-state index is -0.195. The Bertz CT molecular complexity index is 939. The molecule has 1 amide bonds. The average Bonchev–Trinajstić information content (AvgIpc) is 3.20. The first-order chi connectivity index (χ1) is 12.7. The van der Waals surface area contributed by atoms with Gasteiger partial charge in [-0.1, -0.05) is 58.4 Å². The number of aromatic amines is 1. The number of rotatable bonds is 5. The predicted octanol–water partition coefficient (Wildman–Crippen LogP) is 4.03. The van der Waals surface area contributed by atoms with Gasteiger partial charge in [0.1, 0.15) is 5.69 Å². The Balaban J connectivity index is 1.87. The van der Waals surface area contributed by atoms with Crippen LogP contribution in [0, 0.1) is 0 Å². The van der Waals surface area contributed by atoms with Gasteiger partial charge in [0.25, 0.3) is 5.91 Å². The molecule has 0 spiro atoms. The molecule has 1 aromatic heterocycles. The largest absolute Gasteiger partial charge is 0.383 e. The van der Waals surface area contributed by atoms with Crippen LogP contribution in [0.15, 0.2) is 59.1 Å². The zero-order valence-corrected chi connectivity index (χ0v) is 15.9. The highest BCUT2D eigenvalue weighted by Gasteiger charge is 2.41. The summed E-state index contributed by atoms with van der Waals surface area (Å²) in [6.45, 7) is 0.998. The molecule has 1 unspecified atom stereocenters. The molecule has 0 radical (unpaired) electrons. The summed E-state index contributed by atoms with van der Waals surface area (Å²) in [4.78, 5) is 14.9. The number of H-pyrrole nitrogens is 1. The molecule has 1 aliphatic rings. The van der Waals surface area contributed by atoms with E-state index < -0.39 is 0 Å². The van der Waals surface area contributed by atoms with E-state index in [0.29, 0.717) is 18.8 Å². The number of aromatic nitrogens is 2. The van der Waals surface area contributed by atoms with Crippen molar-refractivity contribution in [2.75, 3.05) is 20.3 Å². The van der Waals surface area contributed by atoms with Crippen molar-refractivity contribution in [2.24, 2.45) is 0 Å². The second-order valence-corrected chi connectivity index (χ2v) is 7.09. The van der Waals surface area contributed by atoms with Crippen LogP contribution < -0.4 is 0 Å². The third-order valence-corrected chi connectivity index (χ3v) is 5.11. The molecule has 0 saturated carbocycles. The fraction of sp³-hybridized carbons (Fsp3) is 0.200. The van der Waals surface area contributed by atoms with E-state index in [1.165, 1.54) is 0 Å². The molecule has 1 N–H and O–H groups in total. The number of hydrogen-bond donors (Lipinski definition) is 1. The summed E-state index contributed by atoms with van der Waals surface area (Å²) in [7, 11) is 1.64. The first kappa shape index (κ1) is 17.0. The Morgan fingerprint density at radius 3 is 2.73 bits per heavy atom. The van der Waals surface area contributed by atoms with E-state index in [1.54, 1.807) is 7.11 Å². The number of carbonyl (C=O) groups is 1. The molecule has 0 aliphatic carbocycles. The van der Waals surface area contributed by atoms with Gasteiger partial charge in [0.2, 0.25) is 0 Å². The smallest absolute Gasteiger partial charge is 0.273 e. The highest BCUT2D eigenvalue weighted by Crippen LogP contribution is 2.42. The fourth-order valence-corrected chi connectivity index (χ4v) is 3.87. The third kappa shape index (κ3) is 2.85. The molecule has 2 aromatic carbocycles. The Kier molecular flexibility index (Phi) is 4.61. The topological polar surface area (TPSA) is 58.2 Å². The van der Waals surface area contributed by atoms with Gasteiger partial charge in [-0.05, 0) is 17.7 Å². The summed E-state index contributed by atoms with van der Waals surface area (Å²) >= 11 is 3.54. The lowest BCUT2D eigenvalue weighted by Crippen LogP contribution is -2.32. The molecule has 2 heterocycles. The lowest BCUT2D eigenvalue weighted by molar-refractivity contribution is 0.0677. The van der Waals surface area contributed by atoms with Crippen LogP contribution in [0.2, 0.25) is 0 Å². The van der Waals surface area contributed by atoms with E-state index >= 15 is 0 Å². The van der Waals surface area contributed by atoms with Gasteiger partial charge >= 0.3 is 0 Å². The predicted molar refractivity (Wildman–Crippen MR) is 103 cm³/mol. The number of hydrogen-bond acceptors (Lipinski definition) is 3. The lowest BCUT2D eigenvalue weighted by Gasteiger charge is -2.26. The number of ether oxygens (including phenoxy) is 1. The van der Waals surface area contributed by atoms with Crippen LogP contribution in [0.1, 0.15) is 27.7 Å². The van der Waals surface area contributed by atoms with Gasteiger partial charge in [0.15, 0.2) is 0 Å². The summed E-state index contributed by atoms with van der Waals surface area (Å²) in [5, 5.41) is 7.42. The summed E-state index contributed by atoms with van der Waals surface area (Å²) in [6, 6.07) is 17.8. The van der Waals surface area contributed by atoms with Crippen LogP contribution in [0.3, 0.4) is 0 Å². The summed E-state index contributed by atoms with van der Waals surface area (Å²) < 4.78 is 6.20. The molecule has 5 nitrogen and oxygen atoms in total. The maximum Gasteiger partial charge on any atom is 0.273 e. The Morgan fingerprint density at radius 1 is 1.19 bits per heavy atom. The number of nitrogens with zero attached hydrogens (tertiary/aromatic N) is 2. The van der Waals surface area contributed by atoms with Crippen molar-refractivity contribution in [2.45, 2.75) is 6.04 Å². The van der Waals surface area contributed by atoms with Gasteiger partial charge in [0, 0.05) is 29.3 Å². The van der Waals surface area contributed by atoms with E-state index in [1.807, 2.05) is 53.4 Å². The van der Waals surface area contributed by atoms with Gasteiger partial charge in [-0.15, -0.1) is 0 Å². The van der Waals surface area contributed by atoms with Gasteiger partial charge in [0.05, 0.1) is 18.3 Å². The first-order valence-electron chi connectivity index (χ1n) is 8.39. The van der Waals surface area contributed by atoms with E-state index in [9.17, 15) is 4.79 Å². The standard InChI is InChI=1S/C20H18BrN3O2/c1-26-11-10-24-19(14-8-5-9-15(21)12-14)16-17(13-6-3-2-4-7-13)22-23-18(16)20(24)25/h2-9,12,19H,10-11H2,1H3,(H,22,23). The Labute approximate surface area is 160 Å². The number of carbonyl (C=O) groups excluding carboxylic acids is 1. The number of amides is 1. The van der Waals surface area contributed by atoms with Crippen LogP contribution >= 0.6 is 15.9 Å². The molecule has 3 aromatic rings. The Hall–Kier alpha value is -2.44. The molecule has 6 heteroatoms. The normalized spacial score (nSPS) is 16.2. The molecule has 1 atom stereocenters. The molecule has 0 bridgehead atoms. The molecule has 132 valence electrons. The van der Waals surface area contributed by atoms with Crippen molar-refractivity contribution in [1.29, 1.82) is 0 Å². The number of halogens is 1. The zero-order chi connectivity index (χ0) is 18.1. The quantitative estimate of drug-likeness (QED) is 0.689. The highest BCUT2D eigenvalue weighted by molar-refractivity contribution is 9.10. The van der Waals surface area contributed by atoms with Crippen molar-refractivity contribution < 1.29 is 9.53 Å². The maximum atomic E-state index is 13.0. The first-order valence-corrected chi connectivity index (χ1v) is 9.19. The molecular formula is C20H18BrN3O2. The van der Waals surface area contributed by atoms with Crippen molar-refractivity contribution in [3.63, 3.8) is 0 Å². The minimum absolute atomic E-state index is 0.0447.